The molecule has 0 aliphatic heterocycles. The minimum atomic E-state index is 0.100. The van der Waals surface area contributed by atoms with Crippen LogP contribution in [0, 0.1) is 11.8 Å². The van der Waals surface area contributed by atoms with Gasteiger partial charge in [0, 0.05) is 5.41 Å². The van der Waals surface area contributed by atoms with Gasteiger partial charge in [-0.1, -0.05) is 82.3 Å². The quantitative estimate of drug-likeness (QED) is 0.555. The van der Waals surface area contributed by atoms with Crippen LogP contribution in [0.4, 0.5) is 0 Å². The second-order valence-electron chi connectivity index (χ2n) is 7.48. The fraction of sp³-hybridized carbons (Fsp3) is 0.333. The van der Waals surface area contributed by atoms with Gasteiger partial charge in [0.25, 0.3) is 0 Å². The summed E-state index contributed by atoms with van der Waals surface area (Å²) in [6, 6.07) is 15.9. The van der Waals surface area contributed by atoms with Gasteiger partial charge in [-0.3, -0.25) is 0 Å². The highest BCUT2D eigenvalue weighted by atomic mass is 14.4. The zero-order valence-electron chi connectivity index (χ0n) is 15.1. The van der Waals surface area contributed by atoms with Gasteiger partial charge in [0.15, 0.2) is 0 Å². The maximum atomic E-state index is 2.47. The van der Waals surface area contributed by atoms with Gasteiger partial charge >= 0.3 is 0 Å². The summed E-state index contributed by atoms with van der Waals surface area (Å²) < 4.78 is 0. The van der Waals surface area contributed by atoms with Crippen molar-refractivity contribution in [2.24, 2.45) is 11.8 Å². The van der Waals surface area contributed by atoms with E-state index in [0.717, 1.165) is 11.8 Å². The normalized spacial score (nSPS) is 24.1. The van der Waals surface area contributed by atoms with E-state index >= 15 is 0 Å². The van der Waals surface area contributed by atoms with E-state index in [4.69, 9.17) is 0 Å². The van der Waals surface area contributed by atoms with Crippen LogP contribution in [0.15, 0.2) is 60.7 Å². The van der Waals surface area contributed by atoms with Crippen molar-refractivity contribution in [3.05, 3.63) is 77.4 Å². The maximum absolute atomic E-state index is 2.47. The summed E-state index contributed by atoms with van der Waals surface area (Å²) >= 11 is 0. The molecule has 2 atom stereocenters. The van der Waals surface area contributed by atoms with Crippen LogP contribution >= 0.6 is 0 Å². The van der Waals surface area contributed by atoms with Gasteiger partial charge in [-0.25, -0.2) is 0 Å². The number of hydrogen-bond acceptors (Lipinski definition) is 0. The summed E-state index contributed by atoms with van der Waals surface area (Å²) in [7, 11) is 0. The van der Waals surface area contributed by atoms with E-state index in [9.17, 15) is 0 Å². The van der Waals surface area contributed by atoms with Crippen LogP contribution in [-0.2, 0) is 5.41 Å². The van der Waals surface area contributed by atoms with Gasteiger partial charge in [0.2, 0.25) is 0 Å². The fourth-order valence-corrected chi connectivity index (χ4v) is 4.24. The first-order chi connectivity index (χ1) is 11.6. The Kier molecular flexibility index (Phi) is 3.53. The Balaban J connectivity index is 0.000000704. The molecule has 0 heterocycles. The lowest BCUT2D eigenvalue weighted by Gasteiger charge is -2.22. The highest BCUT2D eigenvalue weighted by Gasteiger charge is 2.37. The number of benzene rings is 2. The topological polar surface area (TPSA) is 0 Å². The summed E-state index contributed by atoms with van der Waals surface area (Å²) in [5.74, 6) is 1.64. The lowest BCUT2D eigenvalue weighted by Crippen LogP contribution is -2.15. The zero-order valence-corrected chi connectivity index (χ0v) is 15.1. The Hall–Kier alpha value is -2.08. The van der Waals surface area contributed by atoms with Crippen LogP contribution < -0.4 is 0 Å². The number of rotatable bonds is 1. The second kappa shape index (κ2) is 5.48. The molecule has 0 aromatic heterocycles. The Bertz CT molecular complexity index is 848. The van der Waals surface area contributed by atoms with E-state index in [0.29, 0.717) is 0 Å². The predicted molar refractivity (Wildman–Crippen MR) is 104 cm³/mol. The average molecular weight is 314 g/mol. The van der Waals surface area contributed by atoms with Gasteiger partial charge in [-0.15, -0.1) is 0 Å². The summed E-state index contributed by atoms with van der Waals surface area (Å²) in [6.45, 7) is 8.70. The number of hydrogen-bond donors (Lipinski definition) is 0. The molecular weight excluding hydrogens is 288 g/mol. The average Bonchev–Trinajstić information content (AvgIpc) is 3.37. The molecule has 2 aromatic rings. The molecule has 0 N–H and O–H groups in total. The van der Waals surface area contributed by atoms with Crippen molar-refractivity contribution in [3.8, 4) is 11.1 Å². The van der Waals surface area contributed by atoms with Gasteiger partial charge in [-0.05, 0) is 57.7 Å². The molecule has 1 saturated carbocycles. The van der Waals surface area contributed by atoms with Crippen LogP contribution in [0.2, 0.25) is 0 Å². The number of allylic oxidation sites excluding steroid dienone is 4. The second-order valence-corrected chi connectivity index (χ2v) is 7.48. The lowest BCUT2D eigenvalue weighted by molar-refractivity contribution is 0.660. The zero-order chi connectivity index (χ0) is 16.9. The molecule has 2 aromatic carbocycles. The van der Waals surface area contributed by atoms with Crippen LogP contribution in [0.3, 0.4) is 0 Å². The standard InChI is InChI=1S/C22H20.C2H6/c1-22(2)20-6-4-3-5-18(20)19-10-9-16(13-21(19)22)14-7-8-15-12-17(15)11-14;1-2/h3-11,13,15,17H,12H2,1-2H3;1-2H3. The summed E-state index contributed by atoms with van der Waals surface area (Å²) in [6.07, 6.45) is 8.54. The molecule has 0 radical (unpaired) electrons. The lowest BCUT2D eigenvalue weighted by atomic mass is 9.81. The third-order valence-corrected chi connectivity index (χ3v) is 5.72. The highest BCUT2D eigenvalue weighted by Crippen LogP contribution is 2.50. The van der Waals surface area contributed by atoms with Crippen LogP contribution in [-0.4, -0.2) is 0 Å². The van der Waals surface area contributed by atoms with Crippen LogP contribution in [0.25, 0.3) is 16.7 Å². The molecule has 122 valence electrons. The van der Waals surface area contributed by atoms with Crippen molar-refractivity contribution in [1.82, 2.24) is 0 Å². The van der Waals surface area contributed by atoms with E-state index < -0.39 is 0 Å². The smallest absolute Gasteiger partial charge is 0.0159 e. The Morgan fingerprint density at radius 2 is 1.62 bits per heavy atom. The molecule has 0 saturated heterocycles. The van der Waals surface area contributed by atoms with Gasteiger partial charge in [-0.2, -0.15) is 0 Å². The van der Waals surface area contributed by atoms with Gasteiger partial charge in [0.1, 0.15) is 0 Å². The van der Waals surface area contributed by atoms with Crippen molar-refractivity contribution in [2.45, 2.75) is 39.5 Å². The molecular formula is C24H26. The SMILES string of the molecule is CC.CC1(C)c2ccccc2-c2ccc(C3=CC4CC4C=C3)cc21. The van der Waals surface area contributed by atoms with E-state index in [1.54, 1.807) is 0 Å². The van der Waals surface area contributed by atoms with Crippen LogP contribution in [0.1, 0.15) is 50.8 Å². The first kappa shape index (κ1) is 15.4. The van der Waals surface area contributed by atoms with E-state index in [2.05, 4.69) is 74.5 Å². The molecule has 24 heavy (non-hydrogen) atoms. The van der Waals surface area contributed by atoms with E-state index in [1.165, 1.54) is 39.8 Å². The minimum Gasteiger partial charge on any atom is -0.0802 e. The third kappa shape index (κ3) is 2.20. The molecule has 0 bridgehead atoms. The highest BCUT2D eigenvalue weighted by molar-refractivity contribution is 5.84. The summed E-state index contributed by atoms with van der Waals surface area (Å²) in [4.78, 5) is 0. The molecule has 3 aliphatic carbocycles. The summed E-state index contributed by atoms with van der Waals surface area (Å²) in [5.41, 5.74) is 8.63. The molecule has 2 unspecified atom stereocenters. The fourth-order valence-electron chi connectivity index (χ4n) is 4.24. The molecule has 0 heteroatoms. The first-order valence-corrected chi connectivity index (χ1v) is 9.29. The van der Waals surface area contributed by atoms with Crippen molar-refractivity contribution in [2.75, 3.05) is 0 Å². The van der Waals surface area contributed by atoms with Crippen molar-refractivity contribution < 1.29 is 0 Å². The van der Waals surface area contributed by atoms with Crippen molar-refractivity contribution >= 4 is 5.57 Å². The Morgan fingerprint density at radius 3 is 2.42 bits per heavy atom. The Morgan fingerprint density at radius 1 is 0.875 bits per heavy atom. The maximum Gasteiger partial charge on any atom is 0.0159 e. The molecule has 0 spiro atoms. The monoisotopic (exact) mass is 314 g/mol. The van der Waals surface area contributed by atoms with E-state index in [-0.39, 0.29) is 5.41 Å². The minimum absolute atomic E-state index is 0.100. The van der Waals surface area contributed by atoms with Crippen molar-refractivity contribution in [1.29, 1.82) is 0 Å². The first-order valence-electron chi connectivity index (χ1n) is 9.29. The Labute approximate surface area is 145 Å². The molecule has 0 amide bonds. The summed E-state index contributed by atoms with van der Waals surface area (Å²) in [5, 5.41) is 0. The largest absolute Gasteiger partial charge is 0.0802 e. The van der Waals surface area contributed by atoms with E-state index in [1.807, 2.05) is 13.8 Å². The molecule has 0 nitrogen and oxygen atoms in total. The van der Waals surface area contributed by atoms with Crippen LogP contribution in [0.5, 0.6) is 0 Å². The molecule has 1 fully saturated rings. The van der Waals surface area contributed by atoms with Gasteiger partial charge < -0.3 is 0 Å². The number of fused-ring (bicyclic) bond motifs is 4. The van der Waals surface area contributed by atoms with Gasteiger partial charge in [0.05, 0.1) is 0 Å². The third-order valence-electron chi connectivity index (χ3n) is 5.72. The molecule has 5 rings (SSSR count). The van der Waals surface area contributed by atoms with Crippen molar-refractivity contribution in [3.63, 3.8) is 0 Å². The molecule has 3 aliphatic rings. The predicted octanol–water partition coefficient (Wildman–Crippen LogP) is 6.61.